The molecule has 1 fully saturated rings. The van der Waals surface area contributed by atoms with Crippen LogP contribution in [0.25, 0.3) is 0 Å². The maximum atomic E-state index is 12.5. The van der Waals surface area contributed by atoms with Crippen LogP contribution in [-0.2, 0) is 12.8 Å². The minimum absolute atomic E-state index is 0.144. The highest BCUT2D eigenvalue weighted by Crippen LogP contribution is 2.22. The van der Waals surface area contributed by atoms with Crippen molar-refractivity contribution in [3.05, 3.63) is 71.6 Å². The van der Waals surface area contributed by atoms with Crippen LogP contribution >= 0.6 is 0 Å². The van der Waals surface area contributed by atoms with Gasteiger partial charge in [0.05, 0.1) is 5.56 Å². The number of nitrogens with zero attached hydrogens (tertiary/aromatic N) is 5. The minimum atomic E-state index is -0.168. The first-order chi connectivity index (χ1) is 14.7. The molecule has 30 heavy (non-hydrogen) atoms. The molecule has 1 aliphatic rings. The number of carbonyl (C=O) groups is 2. The van der Waals surface area contributed by atoms with Crippen LogP contribution in [-0.4, -0.2) is 56.6 Å². The second kappa shape index (κ2) is 9.25. The summed E-state index contributed by atoms with van der Waals surface area (Å²) < 4.78 is 4.51. The average molecular weight is 406 g/mol. The van der Waals surface area contributed by atoms with Crippen molar-refractivity contribution < 1.29 is 14.2 Å². The van der Waals surface area contributed by atoms with Crippen LogP contribution in [0.2, 0.25) is 0 Å². The van der Waals surface area contributed by atoms with Crippen molar-refractivity contribution in [2.45, 2.75) is 19.3 Å². The molecular weight excluding hydrogens is 384 g/mol. The molecule has 1 unspecified atom stereocenters. The number of aromatic nitrogens is 4. The smallest absolute Gasteiger partial charge is 0.277 e. The van der Waals surface area contributed by atoms with E-state index in [1.807, 2.05) is 18.2 Å². The highest BCUT2D eigenvalue weighted by atomic mass is 16.6. The summed E-state index contributed by atoms with van der Waals surface area (Å²) in [4.78, 5) is 34.9. The number of nitrogens with one attached hydrogen (secondary N) is 1. The van der Waals surface area contributed by atoms with Gasteiger partial charge >= 0.3 is 0 Å². The molecule has 154 valence electrons. The van der Waals surface area contributed by atoms with Gasteiger partial charge in [-0.2, -0.15) is 0 Å². The molecule has 4 heterocycles. The standard InChI is InChI=1S/C21H22N6O3/c28-20(24-6-3-15-2-1-5-22-10-15)18-9-17(11-23-12-18)8-16-4-7-27(14-16)21(29)19-13-25-30-26-19/h1-2,5,9-13,16H,3-4,6-8,14H2,(H,24,28). The Morgan fingerprint density at radius 3 is 2.87 bits per heavy atom. The maximum Gasteiger partial charge on any atom is 0.277 e. The lowest BCUT2D eigenvalue weighted by molar-refractivity contribution is 0.0775. The van der Waals surface area contributed by atoms with Crippen LogP contribution in [0.4, 0.5) is 0 Å². The molecule has 1 atom stereocenters. The first-order valence-corrected chi connectivity index (χ1v) is 9.87. The summed E-state index contributed by atoms with van der Waals surface area (Å²) in [6.45, 7) is 1.83. The van der Waals surface area contributed by atoms with Crippen molar-refractivity contribution in [1.29, 1.82) is 0 Å². The van der Waals surface area contributed by atoms with Crippen LogP contribution in [0.3, 0.4) is 0 Å². The van der Waals surface area contributed by atoms with E-state index in [-0.39, 0.29) is 17.5 Å². The van der Waals surface area contributed by atoms with Crippen molar-refractivity contribution in [2.24, 2.45) is 5.92 Å². The van der Waals surface area contributed by atoms with E-state index in [9.17, 15) is 9.59 Å². The van der Waals surface area contributed by atoms with Gasteiger partial charge in [-0.25, -0.2) is 4.63 Å². The lowest BCUT2D eigenvalue weighted by Crippen LogP contribution is -2.29. The zero-order valence-corrected chi connectivity index (χ0v) is 16.4. The third-order valence-electron chi connectivity index (χ3n) is 5.16. The summed E-state index contributed by atoms with van der Waals surface area (Å²) in [5, 5.41) is 10.0. The number of likely N-dealkylation sites (tertiary alicyclic amines) is 1. The molecule has 0 spiro atoms. The molecule has 9 nitrogen and oxygen atoms in total. The van der Waals surface area contributed by atoms with Gasteiger partial charge in [0.1, 0.15) is 6.20 Å². The van der Waals surface area contributed by atoms with Crippen molar-refractivity contribution in [1.82, 2.24) is 30.5 Å². The second-order valence-electron chi connectivity index (χ2n) is 7.35. The van der Waals surface area contributed by atoms with Crippen LogP contribution in [0, 0.1) is 5.92 Å². The van der Waals surface area contributed by atoms with Crippen LogP contribution in [0.15, 0.2) is 53.8 Å². The normalized spacial score (nSPS) is 15.9. The number of carbonyl (C=O) groups excluding carboxylic acids is 2. The largest absolute Gasteiger partial charge is 0.352 e. The number of hydrogen-bond donors (Lipinski definition) is 1. The highest BCUT2D eigenvalue weighted by molar-refractivity contribution is 5.94. The van der Waals surface area contributed by atoms with Gasteiger partial charge in [0.25, 0.3) is 11.8 Å². The Hall–Kier alpha value is -3.62. The SMILES string of the molecule is O=C(NCCc1cccnc1)c1cncc(CC2CCN(C(=O)c3cnon3)C2)c1. The van der Waals surface area contributed by atoms with Gasteiger partial charge in [-0.1, -0.05) is 11.2 Å². The number of rotatable bonds is 7. The zero-order chi connectivity index (χ0) is 20.8. The van der Waals surface area contributed by atoms with Gasteiger partial charge in [-0.15, -0.1) is 0 Å². The van der Waals surface area contributed by atoms with Crippen molar-refractivity contribution in [2.75, 3.05) is 19.6 Å². The summed E-state index contributed by atoms with van der Waals surface area (Å²) >= 11 is 0. The summed E-state index contributed by atoms with van der Waals surface area (Å²) in [6, 6.07) is 5.74. The van der Waals surface area contributed by atoms with Crippen LogP contribution in [0.1, 0.15) is 38.4 Å². The fraction of sp³-hybridized carbons (Fsp3) is 0.333. The molecule has 0 aliphatic carbocycles. The third kappa shape index (κ3) is 4.86. The molecule has 4 rings (SSSR count). The van der Waals surface area contributed by atoms with Crippen LogP contribution < -0.4 is 5.32 Å². The van der Waals surface area contributed by atoms with E-state index in [4.69, 9.17) is 0 Å². The molecule has 0 aromatic carbocycles. The predicted octanol–water partition coefficient (Wildman–Crippen LogP) is 1.54. The second-order valence-corrected chi connectivity index (χ2v) is 7.35. The molecule has 0 bridgehead atoms. The van der Waals surface area contributed by atoms with E-state index in [1.165, 1.54) is 6.20 Å². The summed E-state index contributed by atoms with van der Waals surface area (Å²) in [7, 11) is 0. The topological polar surface area (TPSA) is 114 Å². The van der Waals surface area contributed by atoms with Gasteiger partial charge in [-0.3, -0.25) is 19.6 Å². The molecule has 0 radical (unpaired) electrons. The minimum Gasteiger partial charge on any atom is -0.352 e. The van der Waals surface area contributed by atoms with Crippen molar-refractivity contribution in [3.8, 4) is 0 Å². The van der Waals surface area contributed by atoms with E-state index in [2.05, 4.69) is 30.2 Å². The monoisotopic (exact) mass is 406 g/mol. The Morgan fingerprint density at radius 1 is 1.17 bits per heavy atom. The summed E-state index contributed by atoms with van der Waals surface area (Å²) in [6.07, 6.45) is 10.6. The van der Waals surface area contributed by atoms with Crippen molar-refractivity contribution in [3.63, 3.8) is 0 Å². The molecule has 1 N–H and O–H groups in total. The average Bonchev–Trinajstić information content (AvgIpc) is 3.47. The quantitative estimate of drug-likeness (QED) is 0.633. The number of hydrogen-bond acceptors (Lipinski definition) is 7. The Morgan fingerprint density at radius 2 is 2.07 bits per heavy atom. The Bertz CT molecular complexity index is 993. The molecular formula is C21H22N6O3. The fourth-order valence-electron chi connectivity index (χ4n) is 3.63. The lowest BCUT2D eigenvalue weighted by Gasteiger charge is -2.15. The van der Waals surface area contributed by atoms with E-state index in [1.54, 1.807) is 29.7 Å². The molecule has 3 aromatic rings. The molecule has 0 saturated carbocycles. The van der Waals surface area contributed by atoms with Gasteiger partial charge in [0.2, 0.25) is 0 Å². The maximum absolute atomic E-state index is 12.5. The number of amides is 2. The van der Waals surface area contributed by atoms with Gasteiger partial charge in [0, 0.05) is 44.4 Å². The fourth-order valence-corrected chi connectivity index (χ4v) is 3.63. The van der Waals surface area contributed by atoms with E-state index < -0.39 is 0 Å². The molecule has 1 aliphatic heterocycles. The third-order valence-corrected chi connectivity index (χ3v) is 5.16. The van der Waals surface area contributed by atoms with Crippen LogP contribution in [0.5, 0.6) is 0 Å². The summed E-state index contributed by atoms with van der Waals surface area (Å²) in [5.74, 6) is -0.00637. The van der Waals surface area contributed by atoms with E-state index in [0.29, 0.717) is 31.1 Å². The van der Waals surface area contributed by atoms with E-state index >= 15 is 0 Å². The van der Waals surface area contributed by atoms with Gasteiger partial charge in [-0.05, 0) is 53.6 Å². The van der Waals surface area contributed by atoms with Crippen molar-refractivity contribution >= 4 is 11.8 Å². The van der Waals surface area contributed by atoms with Gasteiger partial charge in [0.15, 0.2) is 5.69 Å². The number of pyridine rings is 2. The Kier molecular flexibility index (Phi) is 6.07. The molecule has 1 saturated heterocycles. The lowest BCUT2D eigenvalue weighted by atomic mass is 9.99. The first-order valence-electron chi connectivity index (χ1n) is 9.87. The zero-order valence-electron chi connectivity index (χ0n) is 16.4. The molecule has 2 amide bonds. The highest BCUT2D eigenvalue weighted by Gasteiger charge is 2.28. The van der Waals surface area contributed by atoms with Gasteiger partial charge < -0.3 is 10.2 Å². The molecule has 3 aromatic heterocycles. The summed E-state index contributed by atoms with van der Waals surface area (Å²) in [5.41, 5.74) is 2.82. The Labute approximate surface area is 173 Å². The molecule has 9 heteroatoms. The van der Waals surface area contributed by atoms with E-state index in [0.717, 1.165) is 30.4 Å². The predicted molar refractivity (Wildman–Crippen MR) is 107 cm³/mol. The Balaban J connectivity index is 1.29. The first kappa shape index (κ1) is 19.7.